The van der Waals surface area contributed by atoms with Gasteiger partial charge >= 0.3 is 6.01 Å². The van der Waals surface area contributed by atoms with E-state index in [4.69, 9.17) is 27.9 Å². The summed E-state index contributed by atoms with van der Waals surface area (Å²) in [7, 11) is 0. The molecule has 0 bridgehead atoms. The van der Waals surface area contributed by atoms with Gasteiger partial charge in [0.05, 0.1) is 6.61 Å². The molecule has 0 fully saturated rings. The van der Waals surface area contributed by atoms with Crippen LogP contribution in [0.4, 0.5) is 0 Å². The van der Waals surface area contributed by atoms with Crippen molar-refractivity contribution < 1.29 is 4.74 Å². The summed E-state index contributed by atoms with van der Waals surface area (Å²) in [6, 6.07) is 0.251. The van der Waals surface area contributed by atoms with E-state index in [2.05, 4.69) is 15.1 Å². The first-order valence-corrected chi connectivity index (χ1v) is 5.66. The van der Waals surface area contributed by atoms with Crippen LogP contribution in [0.2, 0.25) is 10.3 Å². The number of halogens is 2. The van der Waals surface area contributed by atoms with E-state index in [0.29, 0.717) is 29.1 Å². The van der Waals surface area contributed by atoms with Crippen molar-refractivity contribution in [1.29, 1.82) is 0 Å². The van der Waals surface area contributed by atoms with Crippen molar-refractivity contribution in [2.75, 3.05) is 6.61 Å². The van der Waals surface area contributed by atoms with Gasteiger partial charge in [-0.25, -0.2) is 0 Å². The average molecular weight is 261 g/mol. The highest BCUT2D eigenvalue weighted by Crippen LogP contribution is 2.24. The van der Waals surface area contributed by atoms with E-state index in [1.165, 1.54) is 4.52 Å². The van der Waals surface area contributed by atoms with Gasteiger partial charge in [0.15, 0.2) is 0 Å². The molecule has 0 aliphatic heterocycles. The SMILES string of the molecule is CCOc1nc2nc(Cl)c(CC)c(Cl)n2n1. The van der Waals surface area contributed by atoms with E-state index in [-0.39, 0.29) is 6.01 Å². The minimum absolute atomic E-state index is 0.251. The predicted molar refractivity (Wildman–Crippen MR) is 61.3 cm³/mol. The highest BCUT2D eigenvalue weighted by atomic mass is 35.5. The quantitative estimate of drug-likeness (QED) is 0.796. The first kappa shape index (κ1) is 11.4. The van der Waals surface area contributed by atoms with Gasteiger partial charge in [0.25, 0.3) is 5.78 Å². The van der Waals surface area contributed by atoms with E-state index >= 15 is 0 Å². The summed E-state index contributed by atoms with van der Waals surface area (Å²) in [5.74, 6) is 0.343. The molecule has 2 heterocycles. The molecule has 7 heteroatoms. The van der Waals surface area contributed by atoms with Crippen molar-refractivity contribution in [3.05, 3.63) is 15.9 Å². The lowest BCUT2D eigenvalue weighted by Crippen LogP contribution is -1.99. The van der Waals surface area contributed by atoms with Crippen LogP contribution in [0.3, 0.4) is 0 Å². The summed E-state index contributed by atoms with van der Waals surface area (Å²) in [6.07, 6.45) is 0.685. The topological polar surface area (TPSA) is 52.3 Å². The average Bonchev–Trinajstić information content (AvgIpc) is 2.62. The monoisotopic (exact) mass is 260 g/mol. The van der Waals surface area contributed by atoms with E-state index in [0.717, 1.165) is 5.56 Å². The molecule has 0 N–H and O–H groups in total. The molecule has 0 amide bonds. The van der Waals surface area contributed by atoms with Crippen molar-refractivity contribution in [2.24, 2.45) is 0 Å². The fourth-order valence-electron chi connectivity index (χ4n) is 1.34. The molecule has 0 atom stereocenters. The first-order valence-electron chi connectivity index (χ1n) is 4.90. The maximum Gasteiger partial charge on any atom is 0.337 e. The molecule has 86 valence electrons. The van der Waals surface area contributed by atoms with E-state index < -0.39 is 0 Å². The van der Waals surface area contributed by atoms with Crippen molar-refractivity contribution >= 4 is 29.0 Å². The zero-order valence-corrected chi connectivity index (χ0v) is 10.4. The van der Waals surface area contributed by atoms with Gasteiger partial charge in [-0.05, 0) is 13.3 Å². The van der Waals surface area contributed by atoms with Crippen LogP contribution in [-0.4, -0.2) is 26.2 Å². The molecule has 5 nitrogen and oxygen atoms in total. The first-order chi connectivity index (χ1) is 7.67. The van der Waals surface area contributed by atoms with Gasteiger partial charge in [0.2, 0.25) is 0 Å². The molecule has 0 spiro atoms. The zero-order chi connectivity index (χ0) is 11.7. The maximum absolute atomic E-state index is 6.14. The van der Waals surface area contributed by atoms with Gasteiger partial charge in [-0.15, -0.1) is 5.10 Å². The smallest absolute Gasteiger partial charge is 0.337 e. The Morgan fingerprint density at radius 1 is 1.25 bits per heavy atom. The van der Waals surface area contributed by atoms with Gasteiger partial charge in [-0.3, -0.25) is 0 Å². The molecule has 0 radical (unpaired) electrons. The lowest BCUT2D eigenvalue weighted by Gasteiger charge is -2.03. The molecule has 0 unspecified atom stereocenters. The second kappa shape index (κ2) is 4.43. The number of hydrogen-bond acceptors (Lipinski definition) is 4. The second-order valence-corrected chi connectivity index (χ2v) is 3.78. The van der Waals surface area contributed by atoms with Gasteiger partial charge in [-0.2, -0.15) is 14.5 Å². The summed E-state index contributed by atoms with van der Waals surface area (Å²) in [6.45, 7) is 4.29. The molecule has 0 saturated heterocycles. The lowest BCUT2D eigenvalue weighted by molar-refractivity contribution is 0.313. The maximum atomic E-state index is 6.14. The van der Waals surface area contributed by atoms with E-state index in [1.807, 2.05) is 13.8 Å². The van der Waals surface area contributed by atoms with Crippen molar-refractivity contribution in [2.45, 2.75) is 20.3 Å². The second-order valence-electron chi connectivity index (χ2n) is 3.06. The molecule has 2 aromatic rings. The summed E-state index contributed by atoms with van der Waals surface area (Å²) >= 11 is 12.1. The zero-order valence-electron chi connectivity index (χ0n) is 8.87. The number of rotatable bonds is 3. The third kappa shape index (κ3) is 1.81. The van der Waals surface area contributed by atoms with Crippen LogP contribution in [0.25, 0.3) is 5.78 Å². The normalized spacial score (nSPS) is 11.0. The summed E-state index contributed by atoms with van der Waals surface area (Å²) in [5.41, 5.74) is 0.754. The molecule has 2 rings (SSSR count). The van der Waals surface area contributed by atoms with Crippen LogP contribution in [0.5, 0.6) is 6.01 Å². The van der Waals surface area contributed by atoms with Gasteiger partial charge in [-0.1, -0.05) is 30.1 Å². The van der Waals surface area contributed by atoms with E-state index in [9.17, 15) is 0 Å². The summed E-state index contributed by atoms with van der Waals surface area (Å²) in [5, 5.41) is 4.87. The lowest BCUT2D eigenvalue weighted by atomic mass is 10.3. The van der Waals surface area contributed by atoms with E-state index in [1.54, 1.807) is 0 Å². The van der Waals surface area contributed by atoms with Crippen molar-refractivity contribution in [1.82, 2.24) is 19.6 Å². The Morgan fingerprint density at radius 2 is 2.00 bits per heavy atom. The van der Waals surface area contributed by atoms with Crippen molar-refractivity contribution in [3.63, 3.8) is 0 Å². The fourth-order valence-corrected chi connectivity index (χ4v) is 2.02. The Labute approximate surface area is 102 Å². The molecular formula is C9H10Cl2N4O. The number of fused-ring (bicyclic) bond motifs is 1. The number of aromatic nitrogens is 4. The standard InChI is InChI=1S/C9H10Cl2N4O/c1-3-5-6(10)12-8-13-9(16-4-2)14-15(8)7(5)11/h3-4H2,1-2H3. The van der Waals surface area contributed by atoms with Crippen LogP contribution in [0.1, 0.15) is 19.4 Å². The molecule has 0 aromatic carbocycles. The third-order valence-electron chi connectivity index (χ3n) is 2.08. The van der Waals surface area contributed by atoms with Crippen LogP contribution in [0, 0.1) is 0 Å². The Kier molecular flexibility index (Phi) is 3.16. The molecule has 2 aromatic heterocycles. The molecule has 0 aliphatic rings. The molecule has 0 saturated carbocycles. The van der Waals surface area contributed by atoms with Gasteiger partial charge in [0, 0.05) is 5.56 Å². The number of hydrogen-bond donors (Lipinski definition) is 0. The van der Waals surface area contributed by atoms with Crippen LogP contribution in [-0.2, 0) is 6.42 Å². The van der Waals surface area contributed by atoms with Gasteiger partial charge < -0.3 is 4.74 Å². The molecule has 0 aliphatic carbocycles. The largest absolute Gasteiger partial charge is 0.463 e. The molecular weight excluding hydrogens is 251 g/mol. The Morgan fingerprint density at radius 3 is 2.62 bits per heavy atom. The Balaban J connectivity index is 2.63. The minimum atomic E-state index is 0.251. The summed E-state index contributed by atoms with van der Waals surface area (Å²) in [4.78, 5) is 8.15. The number of ether oxygens (including phenoxy) is 1. The fraction of sp³-hybridized carbons (Fsp3) is 0.444. The highest BCUT2D eigenvalue weighted by Gasteiger charge is 2.14. The van der Waals surface area contributed by atoms with Gasteiger partial charge in [0.1, 0.15) is 10.3 Å². The Hall–Kier alpha value is -1.07. The predicted octanol–water partition coefficient (Wildman–Crippen LogP) is 2.39. The van der Waals surface area contributed by atoms with Crippen molar-refractivity contribution in [3.8, 4) is 6.01 Å². The number of nitrogens with zero attached hydrogens (tertiary/aromatic N) is 4. The summed E-state index contributed by atoms with van der Waals surface area (Å²) < 4.78 is 6.60. The van der Waals surface area contributed by atoms with Crippen LogP contribution >= 0.6 is 23.2 Å². The highest BCUT2D eigenvalue weighted by molar-refractivity contribution is 6.34. The minimum Gasteiger partial charge on any atom is -0.463 e. The van der Waals surface area contributed by atoms with Crippen LogP contribution < -0.4 is 4.74 Å². The third-order valence-corrected chi connectivity index (χ3v) is 2.78. The Bertz CT molecular complexity index is 526. The molecule has 16 heavy (non-hydrogen) atoms. The van der Waals surface area contributed by atoms with Crippen LogP contribution in [0.15, 0.2) is 0 Å².